The maximum absolute atomic E-state index is 10.1. The molecule has 0 saturated heterocycles. The third-order valence-corrected chi connectivity index (χ3v) is 2.08. The van der Waals surface area contributed by atoms with E-state index in [9.17, 15) is 4.79 Å². The zero-order chi connectivity index (χ0) is 8.85. The van der Waals surface area contributed by atoms with Gasteiger partial charge in [-0.05, 0) is 23.3 Å². The molecule has 1 aromatic rings. The van der Waals surface area contributed by atoms with Crippen LogP contribution in [0.5, 0.6) is 0 Å². The van der Waals surface area contributed by atoms with Crippen molar-refractivity contribution in [1.82, 2.24) is 0 Å². The van der Waals surface area contributed by atoms with Crippen LogP contribution in [-0.2, 0) is 0 Å². The van der Waals surface area contributed by atoms with Crippen molar-refractivity contribution in [3.63, 3.8) is 0 Å². The molecule has 1 N–H and O–H groups in total. The van der Waals surface area contributed by atoms with Crippen LogP contribution in [0.1, 0.15) is 15.2 Å². The number of hydrogen-bond donors (Lipinski definition) is 1. The van der Waals surface area contributed by atoms with E-state index in [-0.39, 0.29) is 0 Å². The van der Waals surface area contributed by atoms with Crippen LogP contribution in [-0.4, -0.2) is 26.3 Å². The number of carbonyl (C=O) groups is 1. The van der Waals surface area contributed by atoms with E-state index in [1.165, 1.54) is 11.3 Å². The fourth-order valence-corrected chi connectivity index (χ4v) is 1.34. The van der Waals surface area contributed by atoms with E-state index in [1.807, 2.05) is 6.92 Å². The molecule has 1 rings (SSSR count). The Kier molecular flexibility index (Phi) is 4.82. The zero-order valence-corrected chi connectivity index (χ0v) is 7.31. The number of hydrogen-bond acceptors (Lipinski definition) is 3. The average molecular weight is 168 g/mol. The highest BCUT2D eigenvalue weighted by Crippen LogP contribution is 2.06. The third-order valence-electron chi connectivity index (χ3n) is 1.09. The second-order valence-corrected chi connectivity index (χ2v) is 2.93. The highest BCUT2D eigenvalue weighted by atomic mass is 32.1. The fourth-order valence-electron chi connectivity index (χ4n) is 0.580. The first-order valence-electron chi connectivity index (χ1n) is 3.00. The summed E-state index contributed by atoms with van der Waals surface area (Å²) in [5.74, 6) is 0. The lowest BCUT2D eigenvalue weighted by Crippen LogP contribution is -1.96. The number of aliphatic hydroxyl groups is 1. The molecule has 0 aliphatic heterocycles. The standard InChI is InChI=1S/C6H5BOS.CH4O/c1-4-2-5(3-8)9-6(4)7;1-2/h2-3H,1H3;2H,1H3. The first kappa shape index (κ1) is 10.4. The van der Waals surface area contributed by atoms with Crippen molar-refractivity contribution in [3.8, 4) is 0 Å². The number of aryl methyl sites for hydroxylation is 1. The van der Waals surface area contributed by atoms with Gasteiger partial charge in [-0.3, -0.25) is 4.79 Å². The van der Waals surface area contributed by atoms with Crippen LogP contribution in [0.4, 0.5) is 0 Å². The smallest absolute Gasteiger partial charge is 0.159 e. The van der Waals surface area contributed by atoms with Gasteiger partial charge >= 0.3 is 0 Å². The lowest BCUT2D eigenvalue weighted by atomic mass is 10.0. The third kappa shape index (κ3) is 2.86. The number of rotatable bonds is 1. The molecule has 0 spiro atoms. The van der Waals surface area contributed by atoms with Gasteiger partial charge < -0.3 is 5.11 Å². The van der Waals surface area contributed by atoms with Crippen LogP contribution in [0.25, 0.3) is 0 Å². The predicted octanol–water partition coefficient (Wildman–Crippen LogP) is 0.271. The molecule has 0 amide bonds. The SMILES string of the molecule is CO.[B]c1sc(C=O)cc1C. The Bertz CT molecular complexity index is 213. The van der Waals surface area contributed by atoms with Gasteiger partial charge in [0.1, 0.15) is 7.85 Å². The highest BCUT2D eigenvalue weighted by Gasteiger charge is 1.97. The highest BCUT2D eigenvalue weighted by molar-refractivity contribution is 7.21. The van der Waals surface area contributed by atoms with Gasteiger partial charge in [0.25, 0.3) is 0 Å². The Morgan fingerprint density at radius 3 is 2.36 bits per heavy atom. The maximum Gasteiger partial charge on any atom is 0.159 e. The first-order valence-corrected chi connectivity index (χ1v) is 3.81. The van der Waals surface area contributed by atoms with E-state index in [0.717, 1.165) is 23.7 Å². The summed E-state index contributed by atoms with van der Waals surface area (Å²) in [4.78, 5) is 10.8. The molecule has 1 heterocycles. The summed E-state index contributed by atoms with van der Waals surface area (Å²) >= 11 is 1.32. The molecule has 1 aromatic heterocycles. The van der Waals surface area contributed by atoms with E-state index in [1.54, 1.807) is 6.07 Å². The topological polar surface area (TPSA) is 37.3 Å². The molecule has 0 aromatic carbocycles. The molecule has 4 heteroatoms. The van der Waals surface area contributed by atoms with E-state index in [0.29, 0.717) is 4.88 Å². The van der Waals surface area contributed by atoms with Crippen LogP contribution in [0.3, 0.4) is 0 Å². The second kappa shape index (κ2) is 5.10. The summed E-state index contributed by atoms with van der Waals surface area (Å²) < 4.78 is 0.733. The van der Waals surface area contributed by atoms with E-state index in [2.05, 4.69) is 0 Å². The lowest BCUT2D eigenvalue weighted by molar-refractivity contribution is 0.112. The predicted molar refractivity (Wildman–Crippen MR) is 48.0 cm³/mol. The summed E-state index contributed by atoms with van der Waals surface area (Å²) in [6.07, 6.45) is 0.814. The number of thiophene rings is 1. The van der Waals surface area contributed by atoms with Gasteiger partial charge in [-0.15, -0.1) is 11.3 Å². The molecule has 0 aliphatic carbocycles. The number of aliphatic hydroxyl groups excluding tert-OH is 1. The molecule has 2 nitrogen and oxygen atoms in total. The van der Waals surface area contributed by atoms with Crippen molar-refractivity contribution >= 4 is 30.2 Å². The summed E-state index contributed by atoms with van der Waals surface area (Å²) in [6.45, 7) is 1.89. The van der Waals surface area contributed by atoms with Crippen LogP contribution in [0.2, 0.25) is 0 Å². The van der Waals surface area contributed by atoms with Crippen LogP contribution >= 0.6 is 11.3 Å². The largest absolute Gasteiger partial charge is 0.400 e. The van der Waals surface area contributed by atoms with E-state index < -0.39 is 0 Å². The van der Waals surface area contributed by atoms with Gasteiger partial charge in [0.15, 0.2) is 6.29 Å². The molecule has 11 heavy (non-hydrogen) atoms. The molecular weight excluding hydrogens is 159 g/mol. The molecule has 58 valence electrons. The Labute approximate surface area is 71.3 Å². The van der Waals surface area contributed by atoms with Crippen molar-refractivity contribution in [2.24, 2.45) is 0 Å². The number of aldehydes is 1. The Morgan fingerprint density at radius 2 is 2.18 bits per heavy atom. The first-order chi connectivity index (χ1) is 5.24. The molecular formula is C7H9BO2S. The van der Waals surface area contributed by atoms with Gasteiger partial charge in [-0.25, -0.2) is 0 Å². The van der Waals surface area contributed by atoms with Crippen molar-refractivity contribution in [2.75, 3.05) is 7.11 Å². The zero-order valence-electron chi connectivity index (χ0n) is 6.50. The average Bonchev–Trinajstić information content (AvgIpc) is 2.36. The fraction of sp³-hybridized carbons (Fsp3) is 0.286. The Balaban J connectivity index is 0.000000461. The van der Waals surface area contributed by atoms with E-state index >= 15 is 0 Å². The quantitative estimate of drug-likeness (QED) is 0.482. The molecule has 0 bridgehead atoms. The Morgan fingerprint density at radius 1 is 1.64 bits per heavy atom. The van der Waals surface area contributed by atoms with Gasteiger partial charge in [-0.2, -0.15) is 0 Å². The minimum Gasteiger partial charge on any atom is -0.400 e. The second-order valence-electron chi connectivity index (χ2n) is 1.81. The molecule has 2 radical (unpaired) electrons. The minimum atomic E-state index is 0.699. The van der Waals surface area contributed by atoms with Crippen molar-refractivity contribution in [3.05, 3.63) is 16.5 Å². The minimum absolute atomic E-state index is 0.699. The van der Waals surface area contributed by atoms with Crippen molar-refractivity contribution < 1.29 is 9.90 Å². The monoisotopic (exact) mass is 168 g/mol. The molecule has 0 aliphatic rings. The van der Waals surface area contributed by atoms with Crippen LogP contribution in [0, 0.1) is 6.92 Å². The van der Waals surface area contributed by atoms with Gasteiger partial charge in [-0.1, -0.05) is 0 Å². The molecule has 0 fully saturated rings. The van der Waals surface area contributed by atoms with Crippen LogP contribution in [0.15, 0.2) is 6.07 Å². The molecule has 0 unspecified atom stereocenters. The van der Waals surface area contributed by atoms with Crippen LogP contribution < -0.4 is 4.78 Å². The summed E-state index contributed by atoms with van der Waals surface area (Å²) in [5, 5.41) is 7.00. The van der Waals surface area contributed by atoms with Gasteiger partial charge in [0.2, 0.25) is 0 Å². The normalized spacial score (nSPS) is 8.27. The number of carbonyl (C=O) groups excluding carboxylic acids is 1. The van der Waals surface area contributed by atoms with Crippen molar-refractivity contribution in [2.45, 2.75) is 6.92 Å². The molecule has 0 saturated carbocycles. The Hall–Kier alpha value is -0.605. The van der Waals surface area contributed by atoms with Crippen molar-refractivity contribution in [1.29, 1.82) is 0 Å². The van der Waals surface area contributed by atoms with Gasteiger partial charge in [0.05, 0.1) is 4.88 Å². The maximum atomic E-state index is 10.1. The summed E-state index contributed by atoms with van der Waals surface area (Å²) in [6, 6.07) is 1.78. The molecule has 0 atom stereocenters. The summed E-state index contributed by atoms with van der Waals surface area (Å²) in [7, 11) is 6.48. The summed E-state index contributed by atoms with van der Waals surface area (Å²) in [5.41, 5.74) is 0.988. The lowest BCUT2D eigenvalue weighted by Gasteiger charge is -1.80. The van der Waals surface area contributed by atoms with E-state index in [4.69, 9.17) is 13.0 Å². The van der Waals surface area contributed by atoms with Gasteiger partial charge in [0, 0.05) is 7.11 Å².